The normalized spacial score (nSPS) is 15.2. The molecule has 1 aromatic carbocycles. The van der Waals surface area contributed by atoms with Gasteiger partial charge in [-0.3, -0.25) is 4.98 Å². The first-order valence-corrected chi connectivity index (χ1v) is 12.9. The van der Waals surface area contributed by atoms with Crippen LogP contribution >= 0.6 is 0 Å². The molecule has 1 saturated heterocycles. The largest absolute Gasteiger partial charge is 0.458 e. The van der Waals surface area contributed by atoms with E-state index in [0.717, 1.165) is 16.9 Å². The number of pyridine rings is 1. The summed E-state index contributed by atoms with van der Waals surface area (Å²) in [7, 11) is 0. The van der Waals surface area contributed by atoms with E-state index >= 15 is 4.39 Å². The molecule has 1 aliphatic heterocycles. The van der Waals surface area contributed by atoms with Crippen molar-refractivity contribution in [3.63, 3.8) is 0 Å². The van der Waals surface area contributed by atoms with Crippen molar-refractivity contribution >= 4 is 23.4 Å². The van der Waals surface area contributed by atoms with Gasteiger partial charge in [-0.05, 0) is 44.9 Å². The highest BCUT2D eigenvalue weighted by atomic mass is 19.1. The quantitative estimate of drug-likeness (QED) is 0.356. The Hall–Kier alpha value is -3.59. The maximum absolute atomic E-state index is 15.4. The highest BCUT2D eigenvalue weighted by Crippen LogP contribution is 2.31. The molecule has 3 aromatic rings. The number of anilines is 3. The number of aromatic nitrogens is 3. The lowest BCUT2D eigenvalue weighted by Gasteiger charge is -2.37. The molecule has 0 spiro atoms. The highest BCUT2D eigenvalue weighted by molar-refractivity contribution is 5.71. The first kappa shape index (κ1) is 27.4. The second-order valence-corrected chi connectivity index (χ2v) is 10.7. The minimum Gasteiger partial charge on any atom is -0.458 e. The topological polar surface area (TPSA) is 80.7 Å². The average Bonchev–Trinajstić information content (AvgIpc) is 2.88. The van der Waals surface area contributed by atoms with Crippen LogP contribution in [0.1, 0.15) is 44.7 Å². The summed E-state index contributed by atoms with van der Waals surface area (Å²) >= 11 is 0. The average molecular weight is 522 g/mol. The Balaban J connectivity index is 1.42. The number of alkyl halides is 1. The van der Waals surface area contributed by atoms with Gasteiger partial charge in [0.2, 0.25) is 0 Å². The number of rotatable bonds is 9. The van der Waals surface area contributed by atoms with E-state index < -0.39 is 17.2 Å². The van der Waals surface area contributed by atoms with E-state index in [1.807, 2.05) is 53.3 Å². The van der Waals surface area contributed by atoms with Crippen molar-refractivity contribution in [2.75, 3.05) is 36.1 Å². The number of hydrogen-bond acceptors (Lipinski definition) is 8. The van der Waals surface area contributed by atoms with Crippen molar-refractivity contribution in [3.05, 3.63) is 72.2 Å². The van der Waals surface area contributed by atoms with Crippen LogP contribution in [0.5, 0.6) is 0 Å². The number of ether oxygens (including phenoxy) is 2. The zero-order valence-corrected chi connectivity index (χ0v) is 22.6. The summed E-state index contributed by atoms with van der Waals surface area (Å²) in [5.74, 6) is 1.63. The van der Waals surface area contributed by atoms with Gasteiger partial charge < -0.3 is 19.3 Å². The van der Waals surface area contributed by atoms with Gasteiger partial charge in [-0.25, -0.2) is 19.2 Å². The van der Waals surface area contributed by atoms with Crippen LogP contribution in [-0.4, -0.2) is 58.5 Å². The molecular formula is C29H36FN5O3. The van der Waals surface area contributed by atoms with Crippen LogP contribution in [0.25, 0.3) is 0 Å². The van der Waals surface area contributed by atoms with Crippen LogP contribution < -0.4 is 9.80 Å². The molecule has 1 aliphatic rings. The monoisotopic (exact) mass is 521 g/mol. The Morgan fingerprint density at radius 3 is 2.45 bits per heavy atom. The first-order valence-electron chi connectivity index (χ1n) is 12.9. The molecule has 0 radical (unpaired) electrons. The van der Waals surface area contributed by atoms with Crippen LogP contribution in [0.3, 0.4) is 0 Å². The molecule has 0 bridgehead atoms. The number of hydrogen-bond donors (Lipinski definition) is 0. The molecule has 0 amide bonds. The smallest absolute Gasteiger partial charge is 0.332 e. The lowest BCUT2D eigenvalue weighted by Crippen LogP contribution is -2.45. The molecule has 9 heteroatoms. The molecule has 1 fully saturated rings. The third-order valence-corrected chi connectivity index (χ3v) is 6.23. The van der Waals surface area contributed by atoms with E-state index in [1.54, 1.807) is 33.2 Å². The summed E-state index contributed by atoms with van der Waals surface area (Å²) in [6.07, 6.45) is 5.79. The summed E-state index contributed by atoms with van der Waals surface area (Å²) in [4.78, 5) is 29.9. The van der Waals surface area contributed by atoms with Crippen molar-refractivity contribution in [1.82, 2.24) is 15.0 Å². The second kappa shape index (κ2) is 11.9. The molecule has 0 aliphatic carbocycles. The number of halogens is 1. The first-order chi connectivity index (χ1) is 18.1. The molecule has 0 atom stereocenters. The minimum absolute atomic E-state index is 0.143. The number of carbonyl (C=O) groups is 1. The Bertz CT molecular complexity index is 1190. The van der Waals surface area contributed by atoms with Gasteiger partial charge in [-0.15, -0.1) is 0 Å². The van der Waals surface area contributed by atoms with Gasteiger partial charge in [0.1, 0.15) is 29.5 Å². The maximum atomic E-state index is 15.4. The third kappa shape index (κ3) is 7.71. The van der Waals surface area contributed by atoms with Crippen molar-refractivity contribution in [3.8, 4) is 0 Å². The van der Waals surface area contributed by atoms with Gasteiger partial charge in [-0.1, -0.05) is 36.4 Å². The molecule has 38 heavy (non-hydrogen) atoms. The molecule has 0 N–H and O–H groups in total. The molecule has 202 valence electrons. The fraction of sp³-hybridized carbons (Fsp3) is 0.448. The van der Waals surface area contributed by atoms with E-state index in [9.17, 15) is 4.79 Å². The van der Waals surface area contributed by atoms with Gasteiger partial charge in [0.15, 0.2) is 5.82 Å². The second-order valence-electron chi connectivity index (χ2n) is 10.7. The standard InChI is InChI=1S/C29H36FN5O3/c1-22-10-11-24(32-16-22)35(19-23-8-6-5-7-9-23)26-18-31-17-25(33-26)34-14-12-29(30,13-15-34)21-37-20-27(36)38-28(2,3)4/h5-11,16-18H,12-15,19-21H2,1-4H3. The number of carbonyl (C=O) groups excluding carboxylic acids is 1. The predicted molar refractivity (Wildman–Crippen MR) is 145 cm³/mol. The van der Waals surface area contributed by atoms with Crippen molar-refractivity contribution in [2.24, 2.45) is 0 Å². The molecule has 2 aromatic heterocycles. The van der Waals surface area contributed by atoms with Crippen LogP contribution in [0.4, 0.5) is 21.8 Å². The number of nitrogens with zero attached hydrogens (tertiary/aromatic N) is 5. The number of esters is 1. The predicted octanol–water partition coefficient (Wildman–Crippen LogP) is 5.19. The summed E-state index contributed by atoms with van der Waals surface area (Å²) < 4.78 is 26.0. The third-order valence-electron chi connectivity index (χ3n) is 6.23. The summed E-state index contributed by atoms with van der Waals surface area (Å²) in [5.41, 5.74) is 0.0929. The SMILES string of the molecule is Cc1ccc(N(Cc2ccccc2)c2cncc(N3CCC(F)(COCC(=O)OC(C)(C)C)CC3)n2)nc1. The number of aryl methyl sites for hydroxylation is 1. The van der Waals surface area contributed by atoms with Gasteiger partial charge in [0.05, 0.1) is 25.5 Å². The number of piperidine rings is 1. The minimum atomic E-state index is -1.51. The Morgan fingerprint density at radius 1 is 1.05 bits per heavy atom. The Kier molecular flexibility index (Phi) is 8.56. The van der Waals surface area contributed by atoms with Crippen LogP contribution in [0, 0.1) is 6.92 Å². The molecule has 0 saturated carbocycles. The molecular weight excluding hydrogens is 485 g/mol. The summed E-state index contributed by atoms with van der Waals surface area (Å²) in [5, 5.41) is 0. The molecule has 8 nitrogen and oxygen atoms in total. The van der Waals surface area contributed by atoms with Gasteiger partial charge in [0, 0.05) is 32.1 Å². The highest BCUT2D eigenvalue weighted by Gasteiger charge is 2.36. The van der Waals surface area contributed by atoms with E-state index in [1.165, 1.54) is 0 Å². The maximum Gasteiger partial charge on any atom is 0.332 e. The fourth-order valence-electron chi connectivity index (χ4n) is 4.26. The lowest BCUT2D eigenvalue weighted by atomic mass is 9.94. The van der Waals surface area contributed by atoms with E-state index in [0.29, 0.717) is 31.3 Å². The van der Waals surface area contributed by atoms with Crippen molar-refractivity contribution in [2.45, 2.75) is 58.4 Å². The molecule has 4 rings (SSSR count). The molecule has 3 heterocycles. The van der Waals surface area contributed by atoms with Crippen LogP contribution in [0.15, 0.2) is 61.1 Å². The summed E-state index contributed by atoms with van der Waals surface area (Å²) in [6.45, 7) is 8.46. The van der Waals surface area contributed by atoms with Gasteiger partial charge in [0.25, 0.3) is 0 Å². The van der Waals surface area contributed by atoms with E-state index in [2.05, 4.69) is 22.1 Å². The molecule has 0 unspecified atom stereocenters. The van der Waals surface area contributed by atoms with Crippen molar-refractivity contribution < 1.29 is 18.7 Å². The van der Waals surface area contributed by atoms with Crippen molar-refractivity contribution in [1.29, 1.82) is 0 Å². The van der Waals surface area contributed by atoms with E-state index in [4.69, 9.17) is 14.5 Å². The van der Waals surface area contributed by atoms with Gasteiger partial charge in [-0.2, -0.15) is 0 Å². The lowest BCUT2D eigenvalue weighted by molar-refractivity contribution is -0.161. The van der Waals surface area contributed by atoms with Crippen LogP contribution in [0.2, 0.25) is 0 Å². The van der Waals surface area contributed by atoms with E-state index in [-0.39, 0.29) is 26.1 Å². The Morgan fingerprint density at radius 2 is 1.79 bits per heavy atom. The fourth-order valence-corrected chi connectivity index (χ4v) is 4.26. The zero-order valence-electron chi connectivity index (χ0n) is 22.6. The Labute approximate surface area is 223 Å². The summed E-state index contributed by atoms with van der Waals surface area (Å²) in [6, 6.07) is 14.1. The zero-order chi connectivity index (χ0) is 27.2. The number of benzene rings is 1. The van der Waals surface area contributed by atoms with Gasteiger partial charge >= 0.3 is 5.97 Å². The van der Waals surface area contributed by atoms with Crippen LogP contribution in [-0.2, 0) is 20.8 Å².